The molecule has 6 nitrogen and oxygen atoms in total. The van der Waals surface area contributed by atoms with Crippen molar-refractivity contribution in [3.63, 3.8) is 0 Å². The van der Waals surface area contributed by atoms with Crippen molar-refractivity contribution in [2.45, 2.75) is 56.5 Å². The molecule has 0 bridgehead atoms. The van der Waals surface area contributed by atoms with Gasteiger partial charge in [-0.2, -0.15) is 4.31 Å². The fraction of sp³-hybridized carbons (Fsp3) is 0.769. The molecule has 1 saturated carbocycles. The number of sulfonamides is 1. The van der Waals surface area contributed by atoms with Crippen molar-refractivity contribution in [2.75, 3.05) is 13.1 Å². The summed E-state index contributed by atoms with van der Waals surface area (Å²) in [5.74, 6) is 0.688. The third-order valence-electron chi connectivity index (χ3n) is 4.24. The number of hydrogen-bond acceptors (Lipinski definition) is 4. The van der Waals surface area contributed by atoms with Crippen LogP contribution in [0.2, 0.25) is 0 Å². The maximum atomic E-state index is 12.8. The van der Waals surface area contributed by atoms with Crippen molar-refractivity contribution in [2.24, 2.45) is 5.73 Å². The van der Waals surface area contributed by atoms with E-state index in [9.17, 15) is 8.42 Å². The molecule has 0 spiro atoms. The second-order valence-electron chi connectivity index (χ2n) is 5.35. The Kier molecular flexibility index (Phi) is 4.51. The number of likely N-dealkylation sites (N-methyl/N-ethyl adjacent to an activating group) is 1. The number of nitrogens with two attached hydrogens (primary N) is 1. The molecule has 0 aliphatic heterocycles. The number of aryl methyl sites for hydroxylation is 1. The highest BCUT2D eigenvalue weighted by Crippen LogP contribution is 2.37. The van der Waals surface area contributed by atoms with Crippen LogP contribution in [0.4, 0.5) is 0 Å². The molecule has 1 aliphatic rings. The molecule has 20 heavy (non-hydrogen) atoms. The molecule has 7 heteroatoms. The van der Waals surface area contributed by atoms with Crippen LogP contribution in [0.3, 0.4) is 0 Å². The van der Waals surface area contributed by atoms with E-state index in [1.165, 1.54) is 6.20 Å². The van der Waals surface area contributed by atoms with Crippen molar-refractivity contribution in [1.82, 2.24) is 14.3 Å². The molecule has 0 atom stereocenters. The summed E-state index contributed by atoms with van der Waals surface area (Å²) in [5.41, 5.74) is 5.49. The van der Waals surface area contributed by atoms with E-state index in [1.54, 1.807) is 4.31 Å². The normalized spacial score (nSPS) is 18.8. The van der Waals surface area contributed by atoms with Crippen LogP contribution in [0.25, 0.3) is 0 Å². The van der Waals surface area contributed by atoms with Crippen LogP contribution in [-0.4, -0.2) is 41.3 Å². The van der Waals surface area contributed by atoms with Gasteiger partial charge in [0, 0.05) is 25.0 Å². The minimum atomic E-state index is -3.56. The van der Waals surface area contributed by atoms with Crippen LogP contribution in [-0.2, 0) is 16.4 Å². The average Bonchev–Trinajstić information content (AvgIpc) is 3.09. The number of nitrogens with one attached hydrogen (secondary N) is 1. The molecule has 1 aromatic heterocycles. The summed E-state index contributed by atoms with van der Waals surface area (Å²) in [4.78, 5) is 7.00. The van der Waals surface area contributed by atoms with Gasteiger partial charge in [0.2, 0.25) is 0 Å². The summed E-state index contributed by atoms with van der Waals surface area (Å²) in [6.07, 6.45) is 5.84. The van der Waals surface area contributed by atoms with Crippen molar-refractivity contribution in [3.8, 4) is 0 Å². The topological polar surface area (TPSA) is 92.1 Å². The molecule has 1 aliphatic carbocycles. The molecule has 3 N–H and O–H groups in total. The van der Waals surface area contributed by atoms with Gasteiger partial charge in [0.15, 0.2) is 5.03 Å². The summed E-state index contributed by atoms with van der Waals surface area (Å²) >= 11 is 0. The van der Waals surface area contributed by atoms with Gasteiger partial charge in [0.1, 0.15) is 5.82 Å². The molecular weight excluding hydrogens is 276 g/mol. The fourth-order valence-electron chi connectivity index (χ4n) is 3.12. The number of H-pyrrole nitrogens is 1. The second kappa shape index (κ2) is 5.83. The molecule has 1 fully saturated rings. The van der Waals surface area contributed by atoms with Gasteiger partial charge in [-0.25, -0.2) is 13.4 Å². The molecule has 0 aromatic carbocycles. The van der Waals surface area contributed by atoms with Gasteiger partial charge in [-0.15, -0.1) is 0 Å². The summed E-state index contributed by atoms with van der Waals surface area (Å²) in [7, 11) is -3.56. The first kappa shape index (κ1) is 15.5. The molecule has 0 saturated heterocycles. The second-order valence-corrected chi connectivity index (χ2v) is 7.18. The van der Waals surface area contributed by atoms with E-state index in [0.29, 0.717) is 25.3 Å². The minimum Gasteiger partial charge on any atom is -0.332 e. The maximum absolute atomic E-state index is 12.8. The Morgan fingerprint density at radius 2 is 2.05 bits per heavy atom. The number of nitrogens with zero attached hydrogens (tertiary/aromatic N) is 2. The molecule has 1 aromatic rings. The third-order valence-corrected chi connectivity index (χ3v) is 6.23. The Labute approximate surface area is 120 Å². The van der Waals surface area contributed by atoms with Gasteiger partial charge in [-0.3, -0.25) is 0 Å². The third kappa shape index (κ3) is 2.49. The lowest BCUT2D eigenvalue weighted by atomic mass is 9.98. The van der Waals surface area contributed by atoms with Crippen LogP contribution >= 0.6 is 0 Å². The molecule has 0 radical (unpaired) electrons. The first-order valence-electron chi connectivity index (χ1n) is 7.27. The van der Waals surface area contributed by atoms with Gasteiger partial charge >= 0.3 is 0 Å². The van der Waals surface area contributed by atoms with E-state index in [2.05, 4.69) is 9.97 Å². The van der Waals surface area contributed by atoms with Gasteiger partial charge in [-0.1, -0.05) is 26.7 Å². The number of aromatic amines is 1. The van der Waals surface area contributed by atoms with Gasteiger partial charge in [0.25, 0.3) is 10.0 Å². The Balaban J connectivity index is 2.39. The summed E-state index contributed by atoms with van der Waals surface area (Å²) in [6.45, 7) is 4.60. The lowest BCUT2D eigenvalue weighted by molar-refractivity contribution is 0.204. The highest BCUT2D eigenvalue weighted by atomic mass is 32.2. The molecular formula is C13H24N4O2S. The molecule has 2 rings (SSSR count). The van der Waals surface area contributed by atoms with E-state index >= 15 is 0 Å². The maximum Gasteiger partial charge on any atom is 0.260 e. The number of hydrogen-bond donors (Lipinski definition) is 2. The highest BCUT2D eigenvalue weighted by Gasteiger charge is 2.44. The monoisotopic (exact) mass is 300 g/mol. The Morgan fingerprint density at radius 3 is 2.50 bits per heavy atom. The van der Waals surface area contributed by atoms with E-state index in [-0.39, 0.29) is 5.03 Å². The van der Waals surface area contributed by atoms with Gasteiger partial charge in [0.05, 0.1) is 6.20 Å². The smallest absolute Gasteiger partial charge is 0.260 e. The first-order chi connectivity index (χ1) is 9.50. The predicted molar refractivity (Wildman–Crippen MR) is 77.8 cm³/mol. The van der Waals surface area contributed by atoms with E-state index in [1.807, 2.05) is 13.8 Å². The Hall–Kier alpha value is -0.920. The van der Waals surface area contributed by atoms with Crippen molar-refractivity contribution in [3.05, 3.63) is 12.0 Å². The highest BCUT2D eigenvalue weighted by molar-refractivity contribution is 7.89. The lowest BCUT2D eigenvalue weighted by Gasteiger charge is -2.38. The van der Waals surface area contributed by atoms with Gasteiger partial charge < -0.3 is 10.7 Å². The largest absolute Gasteiger partial charge is 0.332 e. The lowest BCUT2D eigenvalue weighted by Crippen LogP contribution is -2.54. The SMILES string of the molecule is CCc1ncc(S(=O)(=O)N(CC)C2(CN)CCCC2)[nH]1. The summed E-state index contributed by atoms with van der Waals surface area (Å²) in [6, 6.07) is 0. The Bertz CT molecular complexity index is 546. The zero-order valence-electron chi connectivity index (χ0n) is 12.2. The minimum absolute atomic E-state index is 0.177. The quantitative estimate of drug-likeness (QED) is 0.827. The van der Waals surface area contributed by atoms with Crippen LogP contribution in [0.1, 0.15) is 45.4 Å². The number of rotatable bonds is 6. The fourth-order valence-corrected chi connectivity index (χ4v) is 4.90. The zero-order chi connectivity index (χ0) is 14.8. The van der Waals surface area contributed by atoms with Crippen molar-refractivity contribution < 1.29 is 8.42 Å². The summed E-state index contributed by atoms with van der Waals surface area (Å²) < 4.78 is 27.3. The molecule has 0 amide bonds. The van der Waals surface area contributed by atoms with Gasteiger partial charge in [-0.05, 0) is 12.8 Å². The van der Waals surface area contributed by atoms with Crippen LogP contribution in [0.5, 0.6) is 0 Å². The number of aromatic nitrogens is 2. The number of imidazole rings is 1. The average molecular weight is 300 g/mol. The van der Waals surface area contributed by atoms with E-state index in [0.717, 1.165) is 25.7 Å². The van der Waals surface area contributed by atoms with E-state index < -0.39 is 15.6 Å². The van der Waals surface area contributed by atoms with Crippen molar-refractivity contribution in [1.29, 1.82) is 0 Å². The summed E-state index contributed by atoms with van der Waals surface area (Å²) in [5, 5.41) is 0.177. The van der Waals surface area contributed by atoms with Crippen LogP contribution in [0.15, 0.2) is 11.2 Å². The molecule has 0 unspecified atom stereocenters. The van der Waals surface area contributed by atoms with Crippen LogP contribution < -0.4 is 5.73 Å². The van der Waals surface area contributed by atoms with Crippen molar-refractivity contribution >= 4 is 10.0 Å². The Morgan fingerprint density at radius 1 is 1.40 bits per heavy atom. The van der Waals surface area contributed by atoms with Crippen LogP contribution in [0, 0.1) is 0 Å². The standard InChI is InChI=1S/C13H24N4O2S/c1-3-11-15-9-12(16-11)20(18,19)17(4-2)13(10-14)7-5-6-8-13/h9H,3-8,10,14H2,1-2H3,(H,15,16). The molecule has 1 heterocycles. The predicted octanol–water partition coefficient (Wildman–Crippen LogP) is 1.25. The first-order valence-corrected chi connectivity index (χ1v) is 8.71. The van der Waals surface area contributed by atoms with E-state index in [4.69, 9.17) is 5.73 Å². The molecule has 114 valence electrons. The zero-order valence-corrected chi connectivity index (χ0v) is 13.0.